The number of benzene rings is 9. The molecule has 0 saturated heterocycles. The van der Waals surface area contributed by atoms with Crippen LogP contribution in [0.4, 0.5) is 0 Å². The van der Waals surface area contributed by atoms with Gasteiger partial charge in [0, 0.05) is 38.4 Å². The van der Waals surface area contributed by atoms with Gasteiger partial charge in [-0.2, -0.15) is 9.97 Å². The molecule has 62 heavy (non-hydrogen) atoms. The molecule has 290 valence electrons. The van der Waals surface area contributed by atoms with Gasteiger partial charge in [0.15, 0.2) is 11.6 Å². The first kappa shape index (κ1) is 35.5. The summed E-state index contributed by atoms with van der Waals surface area (Å²) < 4.78 is 4.55. The third-order valence-electron chi connectivity index (χ3n) is 12.0. The Hall–Kier alpha value is -8.41. The van der Waals surface area contributed by atoms with Gasteiger partial charge >= 0.3 is 0 Å². The van der Waals surface area contributed by atoms with Gasteiger partial charge in [0.2, 0.25) is 5.95 Å². The van der Waals surface area contributed by atoms with Crippen LogP contribution in [0.2, 0.25) is 0 Å². The zero-order valence-corrected chi connectivity index (χ0v) is 33.6. The number of fused-ring (bicyclic) bond motifs is 6. The maximum absolute atomic E-state index is 5.25. The summed E-state index contributed by atoms with van der Waals surface area (Å²) in [5.74, 6) is 1.79. The molecule has 5 heteroatoms. The van der Waals surface area contributed by atoms with Crippen LogP contribution in [0.5, 0.6) is 0 Å². The van der Waals surface area contributed by atoms with E-state index in [0.717, 1.165) is 72.0 Å². The smallest absolute Gasteiger partial charge is 0.238 e. The fourth-order valence-corrected chi connectivity index (χ4v) is 8.98. The molecule has 0 aliphatic rings. The molecule has 0 N–H and O–H groups in total. The zero-order valence-electron chi connectivity index (χ0n) is 33.6. The molecule has 12 rings (SSSR count). The summed E-state index contributed by atoms with van der Waals surface area (Å²) >= 11 is 0. The van der Waals surface area contributed by atoms with Crippen LogP contribution < -0.4 is 0 Å². The van der Waals surface area contributed by atoms with Crippen molar-refractivity contribution in [3.05, 3.63) is 224 Å². The van der Waals surface area contributed by atoms with E-state index >= 15 is 0 Å². The molecule has 0 aliphatic carbocycles. The average molecular weight is 792 g/mol. The third-order valence-corrected chi connectivity index (χ3v) is 12.0. The second kappa shape index (κ2) is 14.7. The van der Waals surface area contributed by atoms with Crippen LogP contribution in [-0.2, 0) is 0 Å². The van der Waals surface area contributed by atoms with Gasteiger partial charge in [-0.3, -0.25) is 4.57 Å². The largest absolute Gasteiger partial charge is 0.309 e. The molecule has 0 fully saturated rings. The first-order valence-corrected chi connectivity index (χ1v) is 20.9. The monoisotopic (exact) mass is 791 g/mol. The second-order valence-corrected chi connectivity index (χ2v) is 15.7. The second-order valence-electron chi connectivity index (χ2n) is 15.7. The maximum atomic E-state index is 5.25. The summed E-state index contributed by atoms with van der Waals surface area (Å²) in [6.45, 7) is 0. The molecule has 0 unspecified atom stereocenters. The minimum Gasteiger partial charge on any atom is -0.309 e. The van der Waals surface area contributed by atoms with Crippen molar-refractivity contribution in [1.29, 1.82) is 0 Å². The van der Waals surface area contributed by atoms with E-state index in [0.29, 0.717) is 17.6 Å². The van der Waals surface area contributed by atoms with E-state index in [9.17, 15) is 0 Å². The van der Waals surface area contributed by atoms with Crippen LogP contribution in [-0.4, -0.2) is 24.1 Å². The van der Waals surface area contributed by atoms with E-state index in [2.05, 4.69) is 221 Å². The van der Waals surface area contributed by atoms with Crippen molar-refractivity contribution in [3.8, 4) is 67.8 Å². The number of hydrogen-bond donors (Lipinski definition) is 0. The van der Waals surface area contributed by atoms with Crippen LogP contribution in [0.1, 0.15) is 0 Å². The molecule has 0 bridgehead atoms. The van der Waals surface area contributed by atoms with Gasteiger partial charge in [0.1, 0.15) is 0 Å². The Morgan fingerprint density at radius 2 is 0.597 bits per heavy atom. The quantitative estimate of drug-likeness (QED) is 0.162. The normalized spacial score (nSPS) is 11.5. The summed E-state index contributed by atoms with van der Waals surface area (Å²) in [4.78, 5) is 15.6. The Balaban J connectivity index is 1.01. The molecule has 0 amide bonds. The average Bonchev–Trinajstić information content (AvgIpc) is 3.87. The molecular formula is C57H37N5. The summed E-state index contributed by atoms with van der Waals surface area (Å²) in [6.07, 6.45) is 0. The van der Waals surface area contributed by atoms with E-state index in [4.69, 9.17) is 15.0 Å². The molecule has 3 aromatic heterocycles. The van der Waals surface area contributed by atoms with Crippen LogP contribution in [0.15, 0.2) is 224 Å². The summed E-state index contributed by atoms with van der Waals surface area (Å²) in [7, 11) is 0. The molecular weight excluding hydrogens is 755 g/mol. The standard InChI is InChI=1S/C57H37N5/c1-4-14-38(15-5-1)40-24-28-42(29-25-40)55-58-56(43-30-26-41(27-31-43)39-16-6-2-7-17-39)60-57(59-55)62-52-23-13-11-21-48(52)50-37-45(33-35-54(50)62)44-32-34-53-49(36-44)47-20-10-12-22-51(47)61(53)46-18-8-3-9-19-46/h1-37H. The molecule has 0 atom stereocenters. The molecule has 12 aromatic rings. The van der Waals surface area contributed by atoms with Gasteiger partial charge in [-0.1, -0.05) is 176 Å². The van der Waals surface area contributed by atoms with Crippen molar-refractivity contribution in [2.45, 2.75) is 0 Å². The van der Waals surface area contributed by atoms with E-state index in [-0.39, 0.29) is 0 Å². The lowest BCUT2D eigenvalue weighted by Gasteiger charge is -2.12. The van der Waals surface area contributed by atoms with Crippen LogP contribution in [0, 0.1) is 0 Å². The van der Waals surface area contributed by atoms with Gasteiger partial charge in [0.05, 0.1) is 22.1 Å². The Labute approximate surface area is 358 Å². The highest BCUT2D eigenvalue weighted by molar-refractivity contribution is 6.12. The van der Waals surface area contributed by atoms with Crippen molar-refractivity contribution >= 4 is 43.6 Å². The highest BCUT2D eigenvalue weighted by atomic mass is 15.2. The van der Waals surface area contributed by atoms with Crippen molar-refractivity contribution in [3.63, 3.8) is 0 Å². The lowest BCUT2D eigenvalue weighted by Crippen LogP contribution is -2.06. The number of para-hydroxylation sites is 3. The minimum atomic E-state index is 0.568. The van der Waals surface area contributed by atoms with E-state index < -0.39 is 0 Å². The molecule has 9 aromatic carbocycles. The number of nitrogens with zero attached hydrogens (tertiary/aromatic N) is 5. The predicted octanol–water partition coefficient (Wildman–Crippen LogP) is 14.4. The third kappa shape index (κ3) is 6.06. The Kier molecular flexibility index (Phi) is 8.42. The van der Waals surface area contributed by atoms with Gasteiger partial charge < -0.3 is 4.57 Å². The van der Waals surface area contributed by atoms with Gasteiger partial charge in [-0.25, -0.2) is 4.98 Å². The van der Waals surface area contributed by atoms with E-state index in [1.165, 1.54) is 21.8 Å². The van der Waals surface area contributed by atoms with Crippen LogP contribution in [0.3, 0.4) is 0 Å². The van der Waals surface area contributed by atoms with Gasteiger partial charge in [-0.15, -0.1) is 0 Å². The Morgan fingerprint density at radius 3 is 1.10 bits per heavy atom. The number of aromatic nitrogens is 5. The fourth-order valence-electron chi connectivity index (χ4n) is 8.98. The van der Waals surface area contributed by atoms with Crippen molar-refractivity contribution in [1.82, 2.24) is 24.1 Å². The summed E-state index contributed by atoms with van der Waals surface area (Å²) in [5, 5.41) is 4.72. The van der Waals surface area contributed by atoms with Gasteiger partial charge in [0.25, 0.3) is 0 Å². The van der Waals surface area contributed by atoms with Crippen LogP contribution in [0.25, 0.3) is 111 Å². The predicted molar refractivity (Wildman–Crippen MR) is 256 cm³/mol. The van der Waals surface area contributed by atoms with Crippen molar-refractivity contribution in [2.24, 2.45) is 0 Å². The summed E-state index contributed by atoms with van der Waals surface area (Å²) in [5.41, 5.74) is 14.3. The highest BCUT2D eigenvalue weighted by Crippen LogP contribution is 2.38. The minimum absolute atomic E-state index is 0.568. The molecule has 0 spiro atoms. The van der Waals surface area contributed by atoms with Crippen LogP contribution >= 0.6 is 0 Å². The molecule has 5 nitrogen and oxygen atoms in total. The lowest BCUT2D eigenvalue weighted by atomic mass is 10.0. The van der Waals surface area contributed by atoms with Crippen molar-refractivity contribution in [2.75, 3.05) is 0 Å². The number of rotatable bonds is 7. The highest BCUT2D eigenvalue weighted by Gasteiger charge is 2.20. The van der Waals surface area contributed by atoms with E-state index in [1.807, 2.05) is 12.1 Å². The Morgan fingerprint density at radius 1 is 0.242 bits per heavy atom. The zero-order chi connectivity index (χ0) is 41.0. The number of hydrogen-bond acceptors (Lipinski definition) is 3. The summed E-state index contributed by atoms with van der Waals surface area (Å²) in [6, 6.07) is 79.3. The van der Waals surface area contributed by atoms with Gasteiger partial charge in [-0.05, 0) is 81.9 Å². The maximum Gasteiger partial charge on any atom is 0.238 e. The first-order chi connectivity index (χ1) is 30.7. The fraction of sp³-hybridized carbons (Fsp3) is 0. The molecule has 0 radical (unpaired) electrons. The Bertz CT molecular complexity index is 3490. The first-order valence-electron chi connectivity index (χ1n) is 20.9. The molecule has 0 saturated carbocycles. The molecule has 3 heterocycles. The van der Waals surface area contributed by atoms with E-state index in [1.54, 1.807) is 0 Å². The molecule has 0 aliphatic heterocycles. The lowest BCUT2D eigenvalue weighted by molar-refractivity contribution is 0.953. The topological polar surface area (TPSA) is 48.5 Å². The van der Waals surface area contributed by atoms with Crippen molar-refractivity contribution < 1.29 is 0 Å². The SMILES string of the molecule is c1ccc(-c2ccc(-c3nc(-c4ccc(-c5ccccc5)cc4)nc(-n4c5ccccc5c5cc(-c6ccc7c(c6)c6ccccc6n7-c6ccccc6)ccc54)n3)cc2)cc1.